The third kappa shape index (κ3) is 12.5. The average molecular weight is 896 g/mol. The fourth-order valence-electron chi connectivity index (χ4n) is 8.12. The van der Waals surface area contributed by atoms with E-state index in [1.54, 1.807) is 43.3 Å². The standard InChI is InChI=1S/C47H57N7O9S/c1-2-54(38-21-17-35(18-22-38)47(60)61)64(62,63)39-8-6-7-36(31-39)45(58)51-40-23-24-41(53-28-4-3-5-29-53)52-43(40)46(59)50-37-19-13-33(14-20-37)10-9-32-11-15-34(16-12-32)44(57)49-26-25-42(56)48-27-30-55/h6-8,11-16,19-20,23-24,31,35,38,55H,2-5,9-10,17-18,21-22,25-30H2,1H3,(H,48,56)(H,49,57)(H,50,59)(H,51,58)(H,60,61). The summed E-state index contributed by atoms with van der Waals surface area (Å²) < 4.78 is 29.2. The number of carboxylic acid groups (broad SMARTS) is 1. The van der Waals surface area contributed by atoms with E-state index in [9.17, 15) is 37.5 Å². The van der Waals surface area contributed by atoms with Crippen molar-refractivity contribution in [2.24, 2.45) is 5.92 Å². The van der Waals surface area contributed by atoms with E-state index >= 15 is 0 Å². The molecule has 64 heavy (non-hydrogen) atoms. The van der Waals surface area contributed by atoms with Crippen molar-refractivity contribution in [1.29, 1.82) is 0 Å². The second-order valence-corrected chi connectivity index (χ2v) is 18.0. The molecule has 6 N–H and O–H groups in total. The van der Waals surface area contributed by atoms with Gasteiger partial charge < -0.3 is 36.4 Å². The van der Waals surface area contributed by atoms with Gasteiger partial charge in [0.2, 0.25) is 15.9 Å². The molecular formula is C47H57N7O9S. The summed E-state index contributed by atoms with van der Waals surface area (Å²) >= 11 is 0. The van der Waals surface area contributed by atoms with Crippen LogP contribution < -0.4 is 26.2 Å². The van der Waals surface area contributed by atoms with Gasteiger partial charge in [-0.05, 0) is 124 Å². The number of aliphatic hydroxyl groups is 1. The molecule has 2 fully saturated rings. The maximum atomic E-state index is 14.0. The number of nitrogens with one attached hydrogen (secondary N) is 4. The van der Waals surface area contributed by atoms with Gasteiger partial charge in [-0.25, -0.2) is 13.4 Å². The number of piperidine rings is 1. The Morgan fingerprint density at radius 1 is 0.750 bits per heavy atom. The number of carbonyl (C=O) groups excluding carboxylic acids is 4. The third-order valence-corrected chi connectivity index (χ3v) is 13.7. The summed E-state index contributed by atoms with van der Waals surface area (Å²) in [4.78, 5) is 70.3. The van der Waals surface area contributed by atoms with Gasteiger partial charge in [-0.1, -0.05) is 37.3 Å². The molecule has 0 bridgehead atoms. The normalized spacial score (nSPS) is 16.5. The van der Waals surface area contributed by atoms with Crippen molar-refractivity contribution in [2.75, 3.05) is 54.9 Å². The Hall–Kier alpha value is -6.17. The number of aliphatic hydroxyl groups excluding tert-OH is 1. The zero-order valence-corrected chi connectivity index (χ0v) is 36.9. The molecule has 1 saturated carbocycles. The van der Waals surface area contributed by atoms with Crippen LogP contribution >= 0.6 is 0 Å². The van der Waals surface area contributed by atoms with Crippen LogP contribution in [0.1, 0.15) is 101 Å². The number of hydrogen-bond acceptors (Lipinski definition) is 10. The van der Waals surface area contributed by atoms with E-state index in [-0.39, 0.29) is 72.4 Å². The van der Waals surface area contributed by atoms with Crippen molar-refractivity contribution < 1.29 is 42.6 Å². The van der Waals surface area contributed by atoms with Gasteiger partial charge in [0.1, 0.15) is 5.82 Å². The highest BCUT2D eigenvalue weighted by atomic mass is 32.2. The summed E-state index contributed by atoms with van der Waals surface area (Å²) in [6, 6.07) is 23.5. The van der Waals surface area contributed by atoms with Gasteiger partial charge in [-0.2, -0.15) is 4.31 Å². The van der Waals surface area contributed by atoms with Crippen LogP contribution in [0.4, 0.5) is 17.2 Å². The molecule has 0 radical (unpaired) electrons. The van der Waals surface area contributed by atoms with Crippen molar-refractivity contribution in [3.05, 3.63) is 113 Å². The van der Waals surface area contributed by atoms with Crippen LogP contribution in [0.2, 0.25) is 0 Å². The molecule has 340 valence electrons. The lowest BCUT2D eigenvalue weighted by atomic mass is 9.86. The number of rotatable bonds is 19. The van der Waals surface area contributed by atoms with Gasteiger partial charge in [0, 0.05) is 62.0 Å². The Balaban J connectivity index is 1.10. The predicted octanol–water partition coefficient (Wildman–Crippen LogP) is 5.24. The van der Waals surface area contributed by atoms with Crippen molar-refractivity contribution in [3.63, 3.8) is 0 Å². The number of benzene rings is 3. The number of aliphatic carboxylic acids is 1. The van der Waals surface area contributed by atoms with E-state index in [2.05, 4.69) is 26.2 Å². The molecule has 2 heterocycles. The van der Waals surface area contributed by atoms with E-state index in [0.29, 0.717) is 55.6 Å². The Morgan fingerprint density at radius 3 is 2.06 bits per heavy atom. The summed E-state index contributed by atoms with van der Waals surface area (Å²) in [6.07, 6.45) is 6.25. The number of aromatic nitrogens is 1. The molecule has 3 aromatic carbocycles. The molecule has 16 nitrogen and oxygen atoms in total. The molecule has 1 saturated heterocycles. The number of anilines is 3. The largest absolute Gasteiger partial charge is 0.481 e. The minimum absolute atomic E-state index is 0.000860. The number of pyridine rings is 1. The lowest BCUT2D eigenvalue weighted by molar-refractivity contribution is -0.143. The van der Waals surface area contributed by atoms with Gasteiger partial charge in [-0.3, -0.25) is 24.0 Å². The highest BCUT2D eigenvalue weighted by Gasteiger charge is 2.35. The highest BCUT2D eigenvalue weighted by molar-refractivity contribution is 7.89. The molecule has 1 aliphatic heterocycles. The minimum atomic E-state index is -4.03. The number of hydrogen-bond donors (Lipinski definition) is 6. The quantitative estimate of drug-likeness (QED) is 0.0713. The maximum Gasteiger partial charge on any atom is 0.306 e. The first-order chi connectivity index (χ1) is 30.9. The van der Waals surface area contributed by atoms with E-state index in [4.69, 9.17) is 10.1 Å². The first-order valence-corrected chi connectivity index (χ1v) is 23.4. The van der Waals surface area contributed by atoms with Gasteiger partial charge in [0.25, 0.3) is 17.7 Å². The van der Waals surface area contributed by atoms with E-state index < -0.39 is 33.7 Å². The molecule has 4 aromatic rings. The number of nitrogens with zero attached hydrogens (tertiary/aromatic N) is 3. The van der Waals surface area contributed by atoms with Gasteiger partial charge >= 0.3 is 5.97 Å². The third-order valence-electron chi connectivity index (χ3n) is 11.7. The van der Waals surface area contributed by atoms with Crippen LogP contribution in [-0.2, 0) is 32.5 Å². The Morgan fingerprint density at radius 2 is 1.42 bits per heavy atom. The number of sulfonamides is 1. The fraction of sp³-hybridized carbons (Fsp3) is 0.404. The number of amides is 4. The number of aryl methyl sites for hydroxylation is 2. The smallest absolute Gasteiger partial charge is 0.306 e. The second-order valence-electron chi connectivity index (χ2n) is 16.1. The summed E-state index contributed by atoms with van der Waals surface area (Å²) in [7, 11) is -4.03. The zero-order valence-electron chi connectivity index (χ0n) is 36.1. The fourth-order valence-corrected chi connectivity index (χ4v) is 9.86. The van der Waals surface area contributed by atoms with Crippen molar-refractivity contribution >= 4 is 56.8 Å². The Labute approximate surface area is 373 Å². The molecule has 1 aliphatic carbocycles. The minimum Gasteiger partial charge on any atom is -0.481 e. The Bertz CT molecular complexity index is 2380. The zero-order chi connectivity index (χ0) is 45.6. The van der Waals surface area contributed by atoms with Gasteiger partial charge in [-0.15, -0.1) is 0 Å². The van der Waals surface area contributed by atoms with Crippen LogP contribution in [0.25, 0.3) is 0 Å². The highest BCUT2D eigenvalue weighted by Crippen LogP contribution is 2.32. The molecule has 2 aliphatic rings. The van der Waals surface area contributed by atoms with E-state index in [0.717, 1.165) is 43.5 Å². The predicted molar refractivity (Wildman–Crippen MR) is 243 cm³/mol. The molecule has 17 heteroatoms. The van der Waals surface area contributed by atoms with Gasteiger partial charge in [0.05, 0.1) is 23.1 Å². The Kier molecular flexibility index (Phi) is 16.6. The van der Waals surface area contributed by atoms with Crippen molar-refractivity contribution in [1.82, 2.24) is 19.9 Å². The first-order valence-electron chi connectivity index (χ1n) is 21.9. The molecule has 1 aromatic heterocycles. The molecule has 0 spiro atoms. The van der Waals surface area contributed by atoms with Crippen molar-refractivity contribution in [2.45, 2.75) is 82.1 Å². The monoisotopic (exact) mass is 895 g/mol. The van der Waals surface area contributed by atoms with E-state index in [1.165, 1.54) is 28.6 Å². The molecule has 4 amide bonds. The van der Waals surface area contributed by atoms with Crippen molar-refractivity contribution in [3.8, 4) is 0 Å². The number of carbonyl (C=O) groups is 5. The van der Waals surface area contributed by atoms with E-state index in [1.807, 2.05) is 24.3 Å². The van der Waals surface area contributed by atoms with Crippen LogP contribution in [0, 0.1) is 5.92 Å². The van der Waals surface area contributed by atoms with Crippen LogP contribution in [0.15, 0.2) is 89.8 Å². The lowest BCUT2D eigenvalue weighted by Gasteiger charge is -2.34. The van der Waals surface area contributed by atoms with Gasteiger partial charge in [0.15, 0.2) is 5.69 Å². The lowest BCUT2D eigenvalue weighted by Crippen LogP contribution is -2.42. The topological polar surface area (TPSA) is 227 Å². The SMILES string of the molecule is CCN(C1CCC(C(=O)O)CC1)S(=O)(=O)c1cccc(C(=O)Nc2ccc(N3CCCCC3)nc2C(=O)Nc2ccc(CCc3ccc(C(=O)NCCC(=O)NCCO)cc3)cc2)c1. The van der Waals surface area contributed by atoms with Crippen LogP contribution in [0.5, 0.6) is 0 Å². The summed E-state index contributed by atoms with van der Waals surface area (Å²) in [5.41, 5.74) is 3.28. The summed E-state index contributed by atoms with van der Waals surface area (Å²) in [5, 5.41) is 29.2. The average Bonchev–Trinajstić information content (AvgIpc) is 3.31. The number of carboxylic acids is 1. The summed E-state index contributed by atoms with van der Waals surface area (Å²) in [6.45, 7) is 3.70. The van der Waals surface area contributed by atoms with Crippen LogP contribution in [-0.4, -0.2) is 103 Å². The molecule has 0 atom stereocenters. The second kappa shape index (κ2) is 22.4. The molecule has 0 unspecified atom stereocenters. The molecule has 6 rings (SSSR count). The first kappa shape index (κ1) is 47.3. The molecular weight excluding hydrogens is 839 g/mol. The maximum absolute atomic E-state index is 14.0. The summed E-state index contributed by atoms with van der Waals surface area (Å²) in [5.74, 6) is -2.44. The van der Waals surface area contributed by atoms with Crippen LogP contribution in [0.3, 0.4) is 0 Å².